The smallest absolute Gasteiger partial charge is 0.193 e. The lowest BCUT2D eigenvalue weighted by Gasteiger charge is -2.21. The molecule has 1 N–H and O–H groups in total. The fourth-order valence-corrected chi connectivity index (χ4v) is 3.15. The Bertz CT molecular complexity index is 630. The monoisotopic (exact) mass is 436 g/mol. The molecule has 1 unspecified atom stereocenters. The van der Waals surface area contributed by atoms with Crippen LogP contribution in [0, 0.1) is 0 Å². The molecule has 5 heteroatoms. The maximum Gasteiger partial charge on any atom is 0.193 e. The number of benzene rings is 1. The standard InChI is InChI=1S/C19H24N4.HI/c1-20-19(22-12-9-16-6-5-11-21-14-16)23-13-10-18(15-23)17-7-3-2-4-8-17;/h2-8,11,14,18H,9-10,12-13,15H2,1H3,(H,20,22);1H. The van der Waals surface area contributed by atoms with E-state index in [9.17, 15) is 0 Å². The SMILES string of the molecule is CN=C(NCCc1cccnc1)N1CCC(c2ccccc2)C1.I. The van der Waals surface area contributed by atoms with Gasteiger partial charge >= 0.3 is 0 Å². The lowest BCUT2D eigenvalue weighted by atomic mass is 9.99. The van der Waals surface area contributed by atoms with Crippen molar-refractivity contribution in [1.82, 2.24) is 15.2 Å². The summed E-state index contributed by atoms with van der Waals surface area (Å²) >= 11 is 0. The zero-order valence-corrected chi connectivity index (χ0v) is 16.4. The quantitative estimate of drug-likeness (QED) is 0.454. The van der Waals surface area contributed by atoms with Crippen molar-refractivity contribution >= 4 is 29.9 Å². The van der Waals surface area contributed by atoms with Gasteiger partial charge in [-0.05, 0) is 30.0 Å². The van der Waals surface area contributed by atoms with Gasteiger partial charge in [0.1, 0.15) is 0 Å². The summed E-state index contributed by atoms with van der Waals surface area (Å²) < 4.78 is 0. The van der Waals surface area contributed by atoms with Crippen LogP contribution in [-0.4, -0.2) is 42.5 Å². The molecule has 1 aromatic carbocycles. The number of rotatable bonds is 4. The summed E-state index contributed by atoms with van der Waals surface area (Å²) in [5.41, 5.74) is 2.68. The van der Waals surface area contributed by atoms with Crippen LogP contribution < -0.4 is 5.32 Å². The number of pyridine rings is 1. The van der Waals surface area contributed by atoms with E-state index in [1.54, 1.807) is 0 Å². The third kappa shape index (κ3) is 4.93. The van der Waals surface area contributed by atoms with Gasteiger partial charge in [-0.1, -0.05) is 36.4 Å². The van der Waals surface area contributed by atoms with Crippen molar-refractivity contribution in [3.05, 3.63) is 66.0 Å². The van der Waals surface area contributed by atoms with Gasteiger partial charge in [0.05, 0.1) is 0 Å². The highest BCUT2D eigenvalue weighted by Crippen LogP contribution is 2.26. The van der Waals surface area contributed by atoms with E-state index in [4.69, 9.17) is 0 Å². The molecule has 2 heterocycles. The Kier molecular flexibility index (Phi) is 7.49. The topological polar surface area (TPSA) is 40.5 Å². The van der Waals surface area contributed by atoms with Gasteiger partial charge in [0.15, 0.2) is 5.96 Å². The Labute approximate surface area is 161 Å². The molecule has 1 aromatic heterocycles. The normalized spacial score (nSPS) is 17.5. The molecule has 1 fully saturated rings. The number of nitrogens with zero attached hydrogens (tertiary/aromatic N) is 3. The number of nitrogens with one attached hydrogen (secondary N) is 1. The molecule has 0 radical (unpaired) electrons. The average molecular weight is 436 g/mol. The third-order valence-electron chi connectivity index (χ3n) is 4.39. The molecule has 0 aliphatic carbocycles. The molecule has 1 saturated heterocycles. The van der Waals surface area contributed by atoms with E-state index >= 15 is 0 Å². The molecule has 1 atom stereocenters. The van der Waals surface area contributed by atoms with Crippen LogP contribution in [0.5, 0.6) is 0 Å². The van der Waals surface area contributed by atoms with E-state index in [2.05, 4.69) is 56.6 Å². The Hall–Kier alpha value is -1.63. The second-order valence-corrected chi connectivity index (χ2v) is 5.93. The van der Waals surface area contributed by atoms with Gasteiger partial charge in [0.25, 0.3) is 0 Å². The summed E-state index contributed by atoms with van der Waals surface area (Å²) in [5.74, 6) is 1.61. The van der Waals surface area contributed by atoms with Crippen LogP contribution in [-0.2, 0) is 6.42 Å². The lowest BCUT2D eigenvalue weighted by molar-refractivity contribution is 0.486. The number of aliphatic imine (C=N–C) groups is 1. The molecule has 0 spiro atoms. The van der Waals surface area contributed by atoms with E-state index in [-0.39, 0.29) is 24.0 Å². The van der Waals surface area contributed by atoms with Crippen LogP contribution in [0.15, 0.2) is 59.9 Å². The van der Waals surface area contributed by atoms with Crippen molar-refractivity contribution in [2.75, 3.05) is 26.7 Å². The van der Waals surface area contributed by atoms with Crippen LogP contribution in [0.2, 0.25) is 0 Å². The van der Waals surface area contributed by atoms with Crippen molar-refractivity contribution in [2.45, 2.75) is 18.8 Å². The highest BCUT2D eigenvalue weighted by Gasteiger charge is 2.25. The summed E-state index contributed by atoms with van der Waals surface area (Å²) in [6.07, 6.45) is 5.88. The number of hydrogen-bond donors (Lipinski definition) is 1. The Morgan fingerprint density at radius 1 is 1.25 bits per heavy atom. The molecule has 0 saturated carbocycles. The first kappa shape index (κ1) is 18.7. The van der Waals surface area contributed by atoms with Crippen LogP contribution in [0.1, 0.15) is 23.5 Å². The van der Waals surface area contributed by atoms with Crippen molar-refractivity contribution in [2.24, 2.45) is 4.99 Å². The predicted octanol–water partition coefficient (Wildman–Crippen LogP) is 3.31. The van der Waals surface area contributed by atoms with Gasteiger partial charge in [-0.2, -0.15) is 0 Å². The Morgan fingerprint density at radius 2 is 2.08 bits per heavy atom. The fraction of sp³-hybridized carbons (Fsp3) is 0.368. The summed E-state index contributed by atoms with van der Waals surface area (Å²) in [6.45, 7) is 2.98. The largest absolute Gasteiger partial charge is 0.356 e. The maximum atomic E-state index is 4.45. The molecule has 24 heavy (non-hydrogen) atoms. The second-order valence-electron chi connectivity index (χ2n) is 5.93. The number of likely N-dealkylation sites (tertiary alicyclic amines) is 1. The Morgan fingerprint density at radius 3 is 2.79 bits per heavy atom. The summed E-state index contributed by atoms with van der Waals surface area (Å²) in [6, 6.07) is 14.9. The fourth-order valence-electron chi connectivity index (χ4n) is 3.15. The van der Waals surface area contributed by atoms with Crippen LogP contribution in [0.25, 0.3) is 0 Å². The molecule has 0 amide bonds. The Balaban J connectivity index is 0.00000208. The van der Waals surface area contributed by atoms with Crippen molar-refractivity contribution in [3.8, 4) is 0 Å². The van der Waals surface area contributed by atoms with E-state index in [0.29, 0.717) is 5.92 Å². The molecule has 1 aliphatic rings. The minimum absolute atomic E-state index is 0. The first-order valence-corrected chi connectivity index (χ1v) is 8.26. The number of aromatic nitrogens is 1. The second kappa shape index (κ2) is 9.61. The van der Waals surface area contributed by atoms with Crippen LogP contribution in [0.3, 0.4) is 0 Å². The van der Waals surface area contributed by atoms with Crippen LogP contribution in [0.4, 0.5) is 0 Å². The van der Waals surface area contributed by atoms with Gasteiger partial charge in [-0.3, -0.25) is 9.98 Å². The van der Waals surface area contributed by atoms with E-state index in [1.807, 2.05) is 25.5 Å². The lowest BCUT2D eigenvalue weighted by Crippen LogP contribution is -2.40. The van der Waals surface area contributed by atoms with E-state index in [0.717, 1.165) is 32.0 Å². The summed E-state index contributed by atoms with van der Waals surface area (Å²) in [4.78, 5) is 11.0. The average Bonchev–Trinajstić information content (AvgIpc) is 3.10. The van der Waals surface area contributed by atoms with Gasteiger partial charge in [-0.15, -0.1) is 24.0 Å². The molecule has 0 bridgehead atoms. The minimum atomic E-state index is 0. The van der Waals surface area contributed by atoms with E-state index in [1.165, 1.54) is 17.5 Å². The molecular weight excluding hydrogens is 411 g/mol. The van der Waals surface area contributed by atoms with E-state index < -0.39 is 0 Å². The minimum Gasteiger partial charge on any atom is -0.356 e. The highest BCUT2D eigenvalue weighted by molar-refractivity contribution is 14.0. The first-order chi connectivity index (χ1) is 11.4. The molecule has 2 aromatic rings. The van der Waals surface area contributed by atoms with Crippen molar-refractivity contribution in [1.29, 1.82) is 0 Å². The molecule has 4 nitrogen and oxygen atoms in total. The predicted molar refractivity (Wildman–Crippen MR) is 110 cm³/mol. The van der Waals surface area contributed by atoms with Gasteiger partial charge in [0.2, 0.25) is 0 Å². The number of guanidine groups is 1. The third-order valence-corrected chi connectivity index (χ3v) is 4.39. The summed E-state index contributed by atoms with van der Waals surface area (Å²) in [7, 11) is 1.86. The number of halogens is 1. The molecular formula is C19H25IN4. The summed E-state index contributed by atoms with van der Waals surface area (Å²) in [5, 5.41) is 3.48. The van der Waals surface area contributed by atoms with Crippen molar-refractivity contribution < 1.29 is 0 Å². The van der Waals surface area contributed by atoms with Gasteiger partial charge < -0.3 is 10.2 Å². The number of hydrogen-bond acceptors (Lipinski definition) is 2. The maximum absolute atomic E-state index is 4.45. The van der Waals surface area contributed by atoms with Crippen LogP contribution >= 0.6 is 24.0 Å². The zero-order chi connectivity index (χ0) is 15.9. The first-order valence-electron chi connectivity index (χ1n) is 8.26. The van der Waals surface area contributed by atoms with Crippen molar-refractivity contribution in [3.63, 3.8) is 0 Å². The molecule has 3 rings (SSSR count). The van der Waals surface area contributed by atoms with Gasteiger partial charge in [-0.25, -0.2) is 0 Å². The molecule has 128 valence electrons. The van der Waals surface area contributed by atoms with Gasteiger partial charge in [0, 0.05) is 45.0 Å². The highest BCUT2D eigenvalue weighted by atomic mass is 127. The molecule has 1 aliphatic heterocycles. The zero-order valence-electron chi connectivity index (χ0n) is 14.1.